The van der Waals surface area contributed by atoms with E-state index in [-0.39, 0.29) is 10.6 Å². The predicted molar refractivity (Wildman–Crippen MR) is 73.6 cm³/mol. The number of carboxylic acid groups (broad SMARTS) is 1. The summed E-state index contributed by atoms with van der Waals surface area (Å²) in [5.41, 5.74) is -2.70. The van der Waals surface area contributed by atoms with Crippen LogP contribution in [0, 0.1) is 3.57 Å². The molecule has 0 amide bonds. The molecule has 0 atom stereocenters. The molecule has 0 aliphatic carbocycles. The Bertz CT molecular complexity index is 560. The zero-order valence-corrected chi connectivity index (χ0v) is 13.3. The fourth-order valence-corrected chi connectivity index (χ4v) is 2.18. The van der Waals surface area contributed by atoms with Gasteiger partial charge in [-0.3, -0.25) is 0 Å². The number of rotatable bonds is 4. The first-order chi connectivity index (χ1) is 8.99. The van der Waals surface area contributed by atoms with Crippen LogP contribution in [-0.2, 0) is 9.53 Å². The Morgan fingerprint density at radius 2 is 1.90 bits per heavy atom. The first kappa shape index (κ1) is 17.1. The third-order valence-corrected chi connectivity index (χ3v) is 3.50. The summed E-state index contributed by atoms with van der Waals surface area (Å²) >= 11 is 7.76. The monoisotopic (exact) mass is 417 g/mol. The number of ether oxygens (including phenoxy) is 1. The number of carbonyl (C=O) groups excluding carboxylic acids is 2. The molecule has 0 aromatic heterocycles. The number of carboxylic acids is 1. The first-order valence-electron chi connectivity index (χ1n) is 5.26. The van der Waals surface area contributed by atoms with E-state index in [4.69, 9.17) is 11.6 Å². The van der Waals surface area contributed by atoms with E-state index in [1.54, 1.807) is 0 Å². The van der Waals surface area contributed by atoms with Gasteiger partial charge in [-0.05, 0) is 54.6 Å². The number of benzene rings is 1. The zero-order valence-electron chi connectivity index (χ0n) is 10.4. The summed E-state index contributed by atoms with van der Waals surface area (Å²) < 4.78 is 32.1. The van der Waals surface area contributed by atoms with Gasteiger partial charge in [-0.2, -0.15) is 8.78 Å². The lowest BCUT2D eigenvalue weighted by Gasteiger charge is -2.34. The van der Waals surface area contributed by atoms with Gasteiger partial charge >= 0.3 is 11.9 Å². The van der Waals surface area contributed by atoms with Gasteiger partial charge in [-0.1, -0.05) is 11.6 Å². The minimum Gasteiger partial charge on any atom is -0.544 e. The minimum atomic E-state index is -4.33. The largest absolute Gasteiger partial charge is 0.544 e. The average Bonchev–Trinajstić information content (AvgIpc) is 2.27. The summed E-state index contributed by atoms with van der Waals surface area (Å²) in [5, 5.41) is 10.4. The van der Waals surface area contributed by atoms with Crippen molar-refractivity contribution in [3.05, 3.63) is 32.4 Å². The van der Waals surface area contributed by atoms with Crippen molar-refractivity contribution in [2.24, 2.45) is 0 Å². The Labute approximate surface area is 132 Å². The van der Waals surface area contributed by atoms with Crippen LogP contribution in [0.2, 0.25) is 5.02 Å². The molecule has 20 heavy (non-hydrogen) atoms. The molecule has 1 aromatic carbocycles. The van der Waals surface area contributed by atoms with Crippen molar-refractivity contribution < 1.29 is 28.2 Å². The highest BCUT2D eigenvalue weighted by Gasteiger charge is 2.51. The molecule has 0 heterocycles. The molecule has 0 unspecified atom stereocenters. The molecule has 0 saturated carbocycles. The highest BCUT2D eigenvalue weighted by Crippen LogP contribution is 2.33. The maximum Gasteiger partial charge on any atom is 0.340 e. The normalized spacial score (nSPS) is 12.1. The van der Waals surface area contributed by atoms with Crippen LogP contribution in [0.25, 0.3) is 0 Å². The van der Waals surface area contributed by atoms with Crippen LogP contribution in [0.5, 0.6) is 0 Å². The van der Waals surface area contributed by atoms with Gasteiger partial charge in [-0.15, -0.1) is 0 Å². The van der Waals surface area contributed by atoms with Crippen LogP contribution >= 0.6 is 34.2 Å². The lowest BCUT2D eigenvalue weighted by atomic mass is 10.0. The van der Waals surface area contributed by atoms with Gasteiger partial charge in [0.2, 0.25) is 0 Å². The zero-order chi connectivity index (χ0) is 15.7. The van der Waals surface area contributed by atoms with E-state index in [1.807, 2.05) is 22.6 Å². The Hall–Kier alpha value is -0.960. The average molecular weight is 418 g/mol. The molecule has 1 rings (SSSR count). The molecule has 0 bridgehead atoms. The summed E-state index contributed by atoms with van der Waals surface area (Å²) in [6, 6.07) is 4.29. The number of hydrogen-bond donors (Lipinski definition) is 0. The third-order valence-electron chi connectivity index (χ3n) is 2.51. The fraction of sp³-hybridized carbons (Fsp3) is 0.333. The van der Waals surface area contributed by atoms with Gasteiger partial charge in [0.25, 0.3) is 0 Å². The highest BCUT2D eigenvalue weighted by atomic mass is 127. The second-order valence-corrected chi connectivity index (χ2v) is 6.04. The highest BCUT2D eigenvalue weighted by molar-refractivity contribution is 14.1. The number of carbonyl (C=O) groups is 2. The molecule has 0 aliphatic rings. The van der Waals surface area contributed by atoms with E-state index in [0.29, 0.717) is 0 Å². The van der Waals surface area contributed by atoms with Crippen molar-refractivity contribution in [2.75, 3.05) is 0 Å². The second kappa shape index (κ2) is 5.80. The van der Waals surface area contributed by atoms with Crippen molar-refractivity contribution >= 4 is 46.1 Å². The smallest absolute Gasteiger partial charge is 0.340 e. The topological polar surface area (TPSA) is 66.4 Å². The maximum absolute atomic E-state index is 13.4. The molecular weight excluding hydrogens is 408 g/mol. The van der Waals surface area contributed by atoms with E-state index in [0.717, 1.165) is 17.4 Å². The van der Waals surface area contributed by atoms with Gasteiger partial charge in [-0.25, -0.2) is 4.79 Å². The number of esters is 1. The van der Waals surface area contributed by atoms with Crippen LogP contribution in [0.15, 0.2) is 18.2 Å². The molecule has 0 N–H and O–H groups in total. The molecule has 0 radical (unpaired) electrons. The van der Waals surface area contributed by atoms with Gasteiger partial charge in [0.1, 0.15) is 5.97 Å². The Balaban J connectivity index is 3.03. The summed E-state index contributed by atoms with van der Waals surface area (Å²) in [5.74, 6) is -8.10. The van der Waals surface area contributed by atoms with Crippen LogP contribution in [0.4, 0.5) is 8.78 Å². The van der Waals surface area contributed by atoms with Crippen LogP contribution in [0.1, 0.15) is 24.2 Å². The van der Waals surface area contributed by atoms with E-state index in [9.17, 15) is 23.5 Å². The van der Waals surface area contributed by atoms with Crippen LogP contribution < -0.4 is 5.11 Å². The lowest BCUT2D eigenvalue weighted by molar-refractivity contribution is -0.341. The Kier molecular flexibility index (Phi) is 4.96. The number of alkyl halides is 2. The molecule has 1 aromatic rings. The fourth-order valence-electron chi connectivity index (χ4n) is 1.25. The number of aliphatic carboxylic acids is 1. The summed E-state index contributed by atoms with van der Waals surface area (Å²) in [4.78, 5) is 22.2. The molecule has 110 valence electrons. The van der Waals surface area contributed by atoms with Gasteiger partial charge in [0.05, 0.1) is 10.6 Å². The van der Waals surface area contributed by atoms with E-state index in [2.05, 4.69) is 4.74 Å². The Morgan fingerprint density at radius 3 is 2.35 bits per heavy atom. The molecule has 0 fully saturated rings. The SMILES string of the molecule is CC(C)(OC(=O)c1ccc(I)cc1Cl)C(F)(F)C(=O)[O-]. The number of halogens is 4. The van der Waals surface area contributed by atoms with Crippen molar-refractivity contribution in [3.8, 4) is 0 Å². The summed E-state index contributed by atoms with van der Waals surface area (Å²) in [6.45, 7) is 1.56. The predicted octanol–water partition coefficient (Wildman–Crippen LogP) is 2.27. The van der Waals surface area contributed by atoms with Gasteiger partial charge < -0.3 is 14.6 Å². The summed E-state index contributed by atoms with van der Waals surface area (Å²) in [6.07, 6.45) is 0. The standard InChI is InChI=1S/C12H10ClF2IO4/c1-11(2,12(14,15)10(18)19)20-9(17)7-4-3-6(16)5-8(7)13/h3-5H,1-2H3,(H,18,19)/p-1. The van der Waals surface area contributed by atoms with Crippen molar-refractivity contribution in [3.63, 3.8) is 0 Å². The van der Waals surface area contributed by atoms with Gasteiger partial charge in [0, 0.05) is 3.57 Å². The Morgan fingerprint density at radius 1 is 1.35 bits per heavy atom. The maximum atomic E-state index is 13.4. The van der Waals surface area contributed by atoms with E-state index >= 15 is 0 Å². The second-order valence-electron chi connectivity index (χ2n) is 4.39. The third kappa shape index (κ3) is 3.38. The molecule has 0 aliphatic heterocycles. The quantitative estimate of drug-likeness (QED) is 0.557. The van der Waals surface area contributed by atoms with Crippen molar-refractivity contribution in [1.29, 1.82) is 0 Å². The molecule has 8 heteroatoms. The van der Waals surface area contributed by atoms with Gasteiger partial charge in [0.15, 0.2) is 5.60 Å². The summed E-state index contributed by atoms with van der Waals surface area (Å²) in [7, 11) is 0. The van der Waals surface area contributed by atoms with Crippen LogP contribution in [0.3, 0.4) is 0 Å². The molecule has 0 saturated heterocycles. The van der Waals surface area contributed by atoms with Crippen molar-refractivity contribution in [1.82, 2.24) is 0 Å². The van der Waals surface area contributed by atoms with Crippen LogP contribution in [-0.4, -0.2) is 23.5 Å². The molecule has 4 nitrogen and oxygen atoms in total. The number of hydrogen-bond acceptors (Lipinski definition) is 4. The molecular formula is C12H9ClF2IO4-. The lowest BCUT2D eigenvalue weighted by Crippen LogP contribution is -2.57. The first-order valence-corrected chi connectivity index (χ1v) is 6.72. The van der Waals surface area contributed by atoms with E-state index in [1.165, 1.54) is 18.2 Å². The minimum absolute atomic E-state index is 0.0227. The van der Waals surface area contributed by atoms with Crippen molar-refractivity contribution in [2.45, 2.75) is 25.4 Å². The molecule has 0 spiro atoms. The van der Waals surface area contributed by atoms with E-state index < -0.39 is 23.5 Å².